The van der Waals surface area contributed by atoms with Gasteiger partial charge in [0.2, 0.25) is 0 Å². The predicted molar refractivity (Wildman–Crippen MR) is 57.3 cm³/mol. The molecule has 0 unspecified atom stereocenters. The molecule has 0 atom stereocenters. The van der Waals surface area contributed by atoms with Crippen LogP contribution in [0.2, 0.25) is 0 Å². The van der Waals surface area contributed by atoms with E-state index in [2.05, 4.69) is 13.2 Å². The highest BCUT2D eigenvalue weighted by molar-refractivity contribution is 6.27. The Kier molecular flexibility index (Phi) is 4.98. The number of aliphatic carboxylic acids is 2. The third kappa shape index (κ3) is 2.87. The Balaban J connectivity index is 5.55. The Labute approximate surface area is 97.2 Å². The molecule has 0 aromatic carbocycles. The fraction of sp³-hybridized carbons (Fsp3) is 0.273. The number of hydrogen-bond donors (Lipinski definition) is 2. The van der Waals surface area contributed by atoms with Crippen LogP contribution < -0.4 is 0 Å². The van der Waals surface area contributed by atoms with Gasteiger partial charge >= 0.3 is 11.9 Å². The van der Waals surface area contributed by atoms with Crippen LogP contribution in [0, 0.1) is 5.41 Å². The summed E-state index contributed by atoms with van der Waals surface area (Å²) in [7, 11) is 0. The van der Waals surface area contributed by atoms with E-state index in [-0.39, 0.29) is 0 Å². The number of rotatable bonds is 8. The van der Waals surface area contributed by atoms with E-state index in [1.807, 2.05) is 0 Å². The number of ketones is 2. The van der Waals surface area contributed by atoms with E-state index in [1.54, 1.807) is 0 Å². The van der Waals surface area contributed by atoms with Gasteiger partial charge in [-0.05, 0) is 18.6 Å². The minimum absolute atomic E-state index is 0.620. The van der Waals surface area contributed by atoms with Gasteiger partial charge in [-0.25, -0.2) is 0 Å². The molecule has 2 N–H and O–H groups in total. The average molecular weight is 240 g/mol. The molecule has 0 aliphatic rings. The molecule has 0 aliphatic heterocycles. The highest BCUT2D eigenvalue weighted by Gasteiger charge is 2.50. The van der Waals surface area contributed by atoms with Gasteiger partial charge in [-0.3, -0.25) is 19.2 Å². The number of allylic oxidation sites excluding steroid dienone is 2. The molecule has 6 nitrogen and oxygen atoms in total. The van der Waals surface area contributed by atoms with Gasteiger partial charge in [0.05, 0.1) is 0 Å². The topological polar surface area (TPSA) is 109 Å². The second-order valence-corrected chi connectivity index (χ2v) is 3.24. The van der Waals surface area contributed by atoms with E-state index in [9.17, 15) is 19.2 Å². The van der Waals surface area contributed by atoms with Crippen LogP contribution in [0.15, 0.2) is 25.3 Å². The quantitative estimate of drug-likeness (QED) is 0.470. The first-order chi connectivity index (χ1) is 7.82. The SMILES string of the molecule is C=CC(=O)C(CCC(=O)O)(C(=O)O)C(=O)C=C. The highest BCUT2D eigenvalue weighted by Crippen LogP contribution is 2.28. The van der Waals surface area contributed by atoms with E-state index >= 15 is 0 Å². The van der Waals surface area contributed by atoms with Crippen LogP contribution >= 0.6 is 0 Å². The van der Waals surface area contributed by atoms with Crippen molar-refractivity contribution in [1.29, 1.82) is 0 Å². The van der Waals surface area contributed by atoms with E-state index in [0.29, 0.717) is 12.2 Å². The lowest BCUT2D eigenvalue weighted by molar-refractivity contribution is -0.158. The van der Waals surface area contributed by atoms with Crippen molar-refractivity contribution in [3.63, 3.8) is 0 Å². The molecule has 6 heteroatoms. The van der Waals surface area contributed by atoms with Gasteiger partial charge in [0.25, 0.3) is 0 Å². The summed E-state index contributed by atoms with van der Waals surface area (Å²) in [4.78, 5) is 44.6. The zero-order chi connectivity index (χ0) is 13.6. The van der Waals surface area contributed by atoms with Crippen molar-refractivity contribution in [3.8, 4) is 0 Å². The molecular weight excluding hydrogens is 228 g/mol. The molecule has 0 fully saturated rings. The first-order valence-corrected chi connectivity index (χ1v) is 4.61. The fourth-order valence-electron chi connectivity index (χ4n) is 1.33. The van der Waals surface area contributed by atoms with Crippen LogP contribution in [-0.2, 0) is 19.2 Å². The van der Waals surface area contributed by atoms with Crippen LogP contribution in [0.25, 0.3) is 0 Å². The van der Waals surface area contributed by atoms with Gasteiger partial charge in [-0.1, -0.05) is 13.2 Å². The minimum atomic E-state index is -2.43. The number of carboxylic acid groups (broad SMARTS) is 2. The molecule has 0 aromatic rings. The smallest absolute Gasteiger partial charge is 0.325 e. The Morgan fingerprint density at radius 2 is 1.41 bits per heavy atom. The molecule has 0 saturated carbocycles. The third-order valence-electron chi connectivity index (χ3n) is 2.29. The standard InChI is InChI=1S/C11H12O6/c1-3-7(12)11(10(16)17,8(13)4-2)6-5-9(14)15/h3-4H,1-2,5-6H2,(H,14,15)(H,16,17). The molecule has 0 bridgehead atoms. The van der Waals surface area contributed by atoms with Gasteiger partial charge in [-0.2, -0.15) is 0 Å². The average Bonchev–Trinajstić information content (AvgIpc) is 2.27. The molecule has 0 saturated heterocycles. The van der Waals surface area contributed by atoms with E-state index in [1.165, 1.54) is 0 Å². The number of carboxylic acids is 2. The van der Waals surface area contributed by atoms with E-state index in [4.69, 9.17) is 10.2 Å². The highest BCUT2D eigenvalue weighted by atomic mass is 16.4. The summed E-state index contributed by atoms with van der Waals surface area (Å²) < 4.78 is 0. The summed E-state index contributed by atoms with van der Waals surface area (Å²) in [5.74, 6) is -5.09. The predicted octanol–water partition coefficient (Wildman–Crippen LogP) is 0.432. The summed E-state index contributed by atoms with van der Waals surface area (Å²) in [5.41, 5.74) is -2.43. The molecule has 0 radical (unpaired) electrons. The number of hydrogen-bond acceptors (Lipinski definition) is 4. The Morgan fingerprint density at radius 1 is 1.00 bits per heavy atom. The molecular formula is C11H12O6. The van der Waals surface area contributed by atoms with Crippen molar-refractivity contribution in [2.24, 2.45) is 5.41 Å². The van der Waals surface area contributed by atoms with Crippen LogP contribution in [0.5, 0.6) is 0 Å². The maximum absolute atomic E-state index is 11.5. The maximum atomic E-state index is 11.5. The van der Waals surface area contributed by atoms with Gasteiger partial charge in [-0.15, -0.1) is 0 Å². The monoisotopic (exact) mass is 240 g/mol. The Morgan fingerprint density at radius 3 is 1.65 bits per heavy atom. The second kappa shape index (κ2) is 5.74. The molecule has 0 amide bonds. The van der Waals surface area contributed by atoms with Crippen LogP contribution in [0.4, 0.5) is 0 Å². The zero-order valence-electron chi connectivity index (χ0n) is 9.01. The van der Waals surface area contributed by atoms with Crippen molar-refractivity contribution in [1.82, 2.24) is 0 Å². The van der Waals surface area contributed by atoms with Gasteiger partial charge in [0.15, 0.2) is 17.0 Å². The molecule has 17 heavy (non-hydrogen) atoms. The normalized spacial score (nSPS) is 10.4. The lowest BCUT2D eigenvalue weighted by Gasteiger charge is -2.22. The lowest BCUT2D eigenvalue weighted by atomic mass is 9.75. The number of carbonyl (C=O) groups excluding carboxylic acids is 2. The third-order valence-corrected chi connectivity index (χ3v) is 2.29. The summed E-state index contributed by atoms with van der Waals surface area (Å²) in [5, 5.41) is 17.5. The molecule has 0 aromatic heterocycles. The molecule has 0 heterocycles. The lowest BCUT2D eigenvalue weighted by Crippen LogP contribution is -2.45. The molecule has 0 spiro atoms. The molecule has 0 rings (SSSR count). The van der Waals surface area contributed by atoms with Crippen LogP contribution in [0.1, 0.15) is 12.8 Å². The van der Waals surface area contributed by atoms with Crippen LogP contribution in [0.3, 0.4) is 0 Å². The molecule has 0 aliphatic carbocycles. The van der Waals surface area contributed by atoms with E-state index < -0.39 is 41.8 Å². The van der Waals surface area contributed by atoms with Gasteiger partial charge in [0.1, 0.15) is 0 Å². The Bertz CT molecular complexity index is 373. The van der Waals surface area contributed by atoms with Crippen molar-refractivity contribution in [2.75, 3.05) is 0 Å². The first-order valence-electron chi connectivity index (χ1n) is 4.61. The summed E-state index contributed by atoms with van der Waals surface area (Å²) in [6.07, 6.45) is 0.133. The molecule has 92 valence electrons. The zero-order valence-corrected chi connectivity index (χ0v) is 9.01. The fourth-order valence-corrected chi connectivity index (χ4v) is 1.33. The summed E-state index contributed by atoms with van der Waals surface area (Å²) in [6.45, 7) is 6.21. The summed E-state index contributed by atoms with van der Waals surface area (Å²) in [6, 6.07) is 0. The van der Waals surface area contributed by atoms with Crippen molar-refractivity contribution < 1.29 is 29.4 Å². The Hall–Kier alpha value is -2.24. The second-order valence-electron chi connectivity index (χ2n) is 3.24. The van der Waals surface area contributed by atoms with E-state index in [0.717, 1.165) is 0 Å². The van der Waals surface area contributed by atoms with Crippen molar-refractivity contribution >= 4 is 23.5 Å². The van der Waals surface area contributed by atoms with Crippen molar-refractivity contribution in [2.45, 2.75) is 12.8 Å². The van der Waals surface area contributed by atoms with Gasteiger partial charge in [0, 0.05) is 6.42 Å². The first kappa shape index (κ1) is 14.8. The largest absolute Gasteiger partial charge is 0.481 e. The minimum Gasteiger partial charge on any atom is -0.481 e. The van der Waals surface area contributed by atoms with Crippen LogP contribution in [-0.4, -0.2) is 33.7 Å². The maximum Gasteiger partial charge on any atom is 0.325 e. The van der Waals surface area contributed by atoms with Gasteiger partial charge < -0.3 is 10.2 Å². The summed E-state index contributed by atoms with van der Waals surface area (Å²) >= 11 is 0. The number of carbonyl (C=O) groups is 4. The van der Waals surface area contributed by atoms with Crippen molar-refractivity contribution in [3.05, 3.63) is 25.3 Å².